The van der Waals surface area contributed by atoms with Crippen LogP contribution < -0.4 is 5.32 Å². The van der Waals surface area contributed by atoms with Gasteiger partial charge in [0.05, 0.1) is 23.4 Å². The minimum absolute atomic E-state index is 0.196. The third-order valence-electron chi connectivity index (χ3n) is 5.90. The number of benzene rings is 2. The number of rotatable bonds is 9. The van der Waals surface area contributed by atoms with E-state index in [1.54, 1.807) is 19.1 Å². The molecule has 0 saturated carbocycles. The van der Waals surface area contributed by atoms with E-state index in [1.165, 1.54) is 0 Å². The number of hydrogen-bond acceptors (Lipinski definition) is 7. The standard InChI is InChI=1S/C28H28N2O6/c1-2-35-25(33)8-5-15-29-24(32)17-36-28(34)26-21-6-3-4-7-23(21)30-27-19(11-14-22(26)27)16-18-9-12-20(31)13-10-18/h3-4,6-7,9-10,12-13,16,31H,2,5,8,11,14-15,17H2,1H3,(H,29,32)/b19-16-. The number of fused-ring (bicyclic) bond motifs is 2. The Morgan fingerprint density at radius 3 is 2.61 bits per heavy atom. The SMILES string of the molecule is CCOC(=O)CCCNC(=O)COC(=O)c1c2c(nc3ccccc13)/C(=C\c1ccc(O)cc1)CC2. The molecule has 1 heterocycles. The van der Waals surface area contributed by atoms with Crippen LogP contribution >= 0.6 is 0 Å². The summed E-state index contributed by atoms with van der Waals surface area (Å²) >= 11 is 0. The molecule has 186 valence electrons. The zero-order valence-corrected chi connectivity index (χ0v) is 20.1. The van der Waals surface area contributed by atoms with E-state index in [9.17, 15) is 19.5 Å². The summed E-state index contributed by atoms with van der Waals surface area (Å²) in [5.41, 5.74) is 4.57. The molecular weight excluding hydrogens is 460 g/mol. The molecule has 2 N–H and O–H groups in total. The van der Waals surface area contributed by atoms with Crippen LogP contribution in [0.25, 0.3) is 22.6 Å². The molecule has 0 spiro atoms. The minimum Gasteiger partial charge on any atom is -0.508 e. The Bertz CT molecular complexity index is 1310. The number of carbonyl (C=O) groups is 3. The van der Waals surface area contributed by atoms with Crippen LogP contribution in [-0.2, 0) is 25.5 Å². The zero-order chi connectivity index (χ0) is 25.5. The lowest BCUT2D eigenvalue weighted by Gasteiger charge is -2.12. The summed E-state index contributed by atoms with van der Waals surface area (Å²) in [6.07, 6.45) is 3.99. The van der Waals surface area contributed by atoms with Gasteiger partial charge in [-0.2, -0.15) is 0 Å². The number of phenols is 1. The molecule has 1 aliphatic rings. The topological polar surface area (TPSA) is 115 Å². The predicted molar refractivity (Wildman–Crippen MR) is 135 cm³/mol. The van der Waals surface area contributed by atoms with Crippen molar-refractivity contribution in [1.82, 2.24) is 10.3 Å². The van der Waals surface area contributed by atoms with Crippen LogP contribution in [0.2, 0.25) is 0 Å². The average molecular weight is 489 g/mol. The minimum atomic E-state index is -0.572. The summed E-state index contributed by atoms with van der Waals surface area (Å²) in [4.78, 5) is 41.6. The van der Waals surface area contributed by atoms with E-state index in [0.29, 0.717) is 42.3 Å². The van der Waals surface area contributed by atoms with Gasteiger partial charge in [0.15, 0.2) is 6.61 Å². The van der Waals surface area contributed by atoms with Gasteiger partial charge in [-0.05, 0) is 67.2 Å². The van der Waals surface area contributed by atoms with Crippen molar-refractivity contribution in [3.05, 3.63) is 70.9 Å². The average Bonchev–Trinajstić information content (AvgIpc) is 3.27. The van der Waals surface area contributed by atoms with Crippen molar-refractivity contribution in [3.8, 4) is 5.75 Å². The molecule has 3 aromatic rings. The number of aromatic nitrogens is 1. The third-order valence-corrected chi connectivity index (χ3v) is 5.90. The molecule has 1 aromatic heterocycles. The second kappa shape index (κ2) is 11.5. The number of carbonyl (C=O) groups excluding carboxylic acids is 3. The number of amides is 1. The lowest BCUT2D eigenvalue weighted by atomic mass is 10.0. The Morgan fingerprint density at radius 1 is 1.06 bits per heavy atom. The molecule has 0 fully saturated rings. The fourth-order valence-corrected chi connectivity index (χ4v) is 4.23. The highest BCUT2D eigenvalue weighted by Gasteiger charge is 2.28. The van der Waals surface area contributed by atoms with Gasteiger partial charge in [-0.3, -0.25) is 9.59 Å². The van der Waals surface area contributed by atoms with Crippen molar-refractivity contribution in [3.63, 3.8) is 0 Å². The van der Waals surface area contributed by atoms with Crippen LogP contribution in [0.15, 0.2) is 48.5 Å². The number of pyridine rings is 1. The lowest BCUT2D eigenvalue weighted by molar-refractivity contribution is -0.143. The van der Waals surface area contributed by atoms with Crippen molar-refractivity contribution in [2.24, 2.45) is 0 Å². The molecule has 0 aliphatic heterocycles. The molecule has 0 unspecified atom stereocenters. The van der Waals surface area contributed by atoms with Gasteiger partial charge in [0, 0.05) is 18.4 Å². The molecule has 1 amide bonds. The van der Waals surface area contributed by atoms with Gasteiger partial charge in [0.25, 0.3) is 5.91 Å². The van der Waals surface area contributed by atoms with Crippen LogP contribution in [-0.4, -0.2) is 47.7 Å². The molecule has 0 radical (unpaired) electrons. The Kier molecular flexibility index (Phi) is 7.95. The maximum Gasteiger partial charge on any atom is 0.339 e. The highest BCUT2D eigenvalue weighted by atomic mass is 16.5. The first-order chi connectivity index (χ1) is 17.5. The Hall–Kier alpha value is -4.20. The molecular formula is C28H28N2O6. The van der Waals surface area contributed by atoms with Gasteiger partial charge in [0.2, 0.25) is 0 Å². The molecule has 36 heavy (non-hydrogen) atoms. The molecule has 4 rings (SSSR count). The van der Waals surface area contributed by atoms with E-state index in [0.717, 1.165) is 22.4 Å². The maximum absolute atomic E-state index is 13.2. The lowest BCUT2D eigenvalue weighted by Crippen LogP contribution is -2.30. The quantitative estimate of drug-likeness (QED) is 0.345. The van der Waals surface area contributed by atoms with Crippen molar-refractivity contribution in [2.45, 2.75) is 32.6 Å². The van der Waals surface area contributed by atoms with Crippen LogP contribution in [0.1, 0.15) is 53.4 Å². The van der Waals surface area contributed by atoms with Gasteiger partial charge in [-0.25, -0.2) is 9.78 Å². The monoisotopic (exact) mass is 488 g/mol. The fourth-order valence-electron chi connectivity index (χ4n) is 4.23. The number of ether oxygens (including phenoxy) is 2. The molecule has 1 aliphatic carbocycles. The highest BCUT2D eigenvalue weighted by molar-refractivity contribution is 6.07. The first-order valence-corrected chi connectivity index (χ1v) is 12.0. The molecule has 8 nitrogen and oxygen atoms in total. The second-order valence-corrected chi connectivity index (χ2v) is 8.43. The largest absolute Gasteiger partial charge is 0.508 e. The first-order valence-electron chi connectivity index (χ1n) is 12.0. The molecule has 0 bridgehead atoms. The number of nitrogens with one attached hydrogen (secondary N) is 1. The molecule has 0 atom stereocenters. The zero-order valence-electron chi connectivity index (χ0n) is 20.1. The summed E-state index contributed by atoms with van der Waals surface area (Å²) in [7, 11) is 0. The second-order valence-electron chi connectivity index (χ2n) is 8.43. The number of para-hydroxylation sites is 1. The summed E-state index contributed by atoms with van der Waals surface area (Å²) in [5.74, 6) is -1.12. The molecule has 2 aromatic carbocycles. The van der Waals surface area contributed by atoms with E-state index in [1.807, 2.05) is 42.5 Å². The first kappa shape index (κ1) is 24.9. The van der Waals surface area contributed by atoms with E-state index < -0.39 is 18.5 Å². The number of esters is 2. The van der Waals surface area contributed by atoms with E-state index in [2.05, 4.69) is 5.32 Å². The number of nitrogens with zero attached hydrogens (tertiary/aromatic N) is 1. The number of phenolic OH excluding ortho intramolecular Hbond substituents is 1. The third kappa shape index (κ3) is 5.89. The summed E-state index contributed by atoms with van der Waals surface area (Å²) in [6.45, 7) is 1.93. The number of allylic oxidation sites excluding steroid dienone is 1. The van der Waals surface area contributed by atoms with Crippen molar-refractivity contribution < 1.29 is 29.0 Å². The smallest absolute Gasteiger partial charge is 0.339 e. The van der Waals surface area contributed by atoms with Crippen LogP contribution in [0, 0.1) is 0 Å². The van der Waals surface area contributed by atoms with Crippen molar-refractivity contribution >= 4 is 40.4 Å². The van der Waals surface area contributed by atoms with Gasteiger partial charge < -0.3 is 19.9 Å². The van der Waals surface area contributed by atoms with Gasteiger partial charge >= 0.3 is 11.9 Å². The van der Waals surface area contributed by atoms with Crippen LogP contribution in [0.5, 0.6) is 5.75 Å². The fraction of sp³-hybridized carbons (Fsp3) is 0.286. The van der Waals surface area contributed by atoms with Crippen LogP contribution in [0.3, 0.4) is 0 Å². The number of hydrogen-bond donors (Lipinski definition) is 2. The normalized spacial score (nSPS) is 13.4. The van der Waals surface area contributed by atoms with Crippen LogP contribution in [0.4, 0.5) is 0 Å². The Labute approximate surface area is 208 Å². The van der Waals surface area contributed by atoms with Gasteiger partial charge in [-0.15, -0.1) is 0 Å². The van der Waals surface area contributed by atoms with Crippen molar-refractivity contribution in [1.29, 1.82) is 0 Å². The predicted octanol–water partition coefficient (Wildman–Crippen LogP) is 4.04. The summed E-state index contributed by atoms with van der Waals surface area (Å²) in [5, 5.41) is 12.9. The summed E-state index contributed by atoms with van der Waals surface area (Å²) < 4.78 is 10.2. The Morgan fingerprint density at radius 2 is 1.83 bits per heavy atom. The molecule has 8 heteroatoms. The molecule has 0 saturated heterocycles. The maximum atomic E-state index is 13.2. The number of aromatic hydroxyl groups is 1. The van der Waals surface area contributed by atoms with E-state index in [-0.39, 0.29) is 24.7 Å². The summed E-state index contributed by atoms with van der Waals surface area (Å²) in [6, 6.07) is 14.3. The van der Waals surface area contributed by atoms with E-state index >= 15 is 0 Å². The van der Waals surface area contributed by atoms with Gasteiger partial charge in [-0.1, -0.05) is 30.3 Å². The highest BCUT2D eigenvalue weighted by Crippen LogP contribution is 2.37. The van der Waals surface area contributed by atoms with Gasteiger partial charge in [0.1, 0.15) is 5.75 Å². The van der Waals surface area contributed by atoms with Crippen molar-refractivity contribution in [2.75, 3.05) is 19.8 Å². The van der Waals surface area contributed by atoms with E-state index in [4.69, 9.17) is 14.5 Å². The Balaban J connectivity index is 1.49.